The molecule has 0 saturated carbocycles. The Kier molecular flexibility index (Phi) is 5.48. The molecule has 0 bridgehead atoms. The third-order valence-corrected chi connectivity index (χ3v) is 6.29. The molecule has 0 N–H and O–H groups in total. The first-order valence-electron chi connectivity index (χ1n) is 10.8. The van der Waals surface area contributed by atoms with E-state index in [0.29, 0.717) is 35.5 Å². The predicted molar refractivity (Wildman–Crippen MR) is 124 cm³/mol. The first-order valence-corrected chi connectivity index (χ1v) is 10.8. The van der Waals surface area contributed by atoms with Gasteiger partial charge in [0.2, 0.25) is 5.76 Å². The molecule has 2 aromatic carbocycles. The maximum absolute atomic E-state index is 13.6. The molecule has 0 saturated heterocycles. The van der Waals surface area contributed by atoms with Crippen LogP contribution in [0.5, 0.6) is 0 Å². The molecule has 2 heterocycles. The number of amides is 1. The van der Waals surface area contributed by atoms with Crippen LogP contribution in [0.4, 0.5) is 0 Å². The molecule has 5 heteroatoms. The van der Waals surface area contributed by atoms with Gasteiger partial charge in [-0.05, 0) is 68.2 Å². The number of hydrogen-bond donors (Lipinski definition) is 0. The minimum atomic E-state index is -0.439. The molecule has 0 spiro atoms. The van der Waals surface area contributed by atoms with E-state index in [0.717, 1.165) is 16.7 Å². The maximum atomic E-state index is 13.6. The minimum absolute atomic E-state index is 0.113. The van der Waals surface area contributed by atoms with Crippen molar-refractivity contribution in [2.75, 3.05) is 27.2 Å². The summed E-state index contributed by atoms with van der Waals surface area (Å²) in [5.41, 5.74) is 5.05. The van der Waals surface area contributed by atoms with E-state index in [9.17, 15) is 9.59 Å². The Bertz CT molecular complexity index is 1210. The molecule has 1 aliphatic heterocycles. The van der Waals surface area contributed by atoms with Crippen molar-refractivity contribution in [2.24, 2.45) is 0 Å². The molecule has 3 aromatic rings. The molecule has 0 unspecified atom stereocenters. The Morgan fingerprint density at radius 1 is 1.03 bits per heavy atom. The normalized spacial score (nSPS) is 16.1. The van der Waals surface area contributed by atoms with Gasteiger partial charge < -0.3 is 14.2 Å². The molecule has 0 radical (unpaired) electrons. The standard InChI is InChI=1S/C26H30N2O3/c1-15(2)18-7-9-19(10-8-18)23-22-24(29)20-13-16(3)17(4)14-21(20)31-25(22)26(30)28(23)12-11-27(5)6/h7-10,13-15,23H,11-12H2,1-6H3/t23-/m0/s1. The van der Waals surface area contributed by atoms with E-state index >= 15 is 0 Å². The highest BCUT2D eigenvalue weighted by Crippen LogP contribution is 2.38. The van der Waals surface area contributed by atoms with Gasteiger partial charge in [-0.2, -0.15) is 0 Å². The zero-order valence-electron chi connectivity index (χ0n) is 19.2. The summed E-state index contributed by atoms with van der Waals surface area (Å²) in [7, 11) is 3.95. The zero-order valence-corrected chi connectivity index (χ0v) is 19.2. The maximum Gasteiger partial charge on any atom is 0.290 e. The van der Waals surface area contributed by atoms with E-state index in [1.807, 2.05) is 57.1 Å². The van der Waals surface area contributed by atoms with Gasteiger partial charge in [-0.15, -0.1) is 0 Å². The number of carbonyl (C=O) groups excluding carboxylic acids is 1. The number of aryl methyl sites for hydroxylation is 2. The van der Waals surface area contributed by atoms with Crippen LogP contribution in [-0.2, 0) is 0 Å². The summed E-state index contributed by atoms with van der Waals surface area (Å²) in [5, 5.41) is 0.535. The van der Waals surface area contributed by atoms with Gasteiger partial charge in [-0.1, -0.05) is 38.1 Å². The molecule has 5 nitrogen and oxygen atoms in total. The average Bonchev–Trinajstić information content (AvgIpc) is 3.00. The summed E-state index contributed by atoms with van der Waals surface area (Å²) in [6.45, 7) is 9.48. The molecule has 1 aromatic heterocycles. The number of carbonyl (C=O) groups is 1. The summed E-state index contributed by atoms with van der Waals surface area (Å²) in [4.78, 5) is 30.8. The molecule has 4 rings (SSSR count). The van der Waals surface area contributed by atoms with Crippen molar-refractivity contribution < 1.29 is 9.21 Å². The summed E-state index contributed by atoms with van der Waals surface area (Å²) < 4.78 is 6.08. The van der Waals surface area contributed by atoms with Gasteiger partial charge in [0.1, 0.15) is 5.58 Å². The van der Waals surface area contributed by atoms with Crippen LogP contribution in [0.25, 0.3) is 11.0 Å². The van der Waals surface area contributed by atoms with Gasteiger partial charge >= 0.3 is 0 Å². The molecule has 1 atom stereocenters. The fourth-order valence-corrected chi connectivity index (χ4v) is 4.22. The second-order valence-electron chi connectivity index (χ2n) is 9.13. The van der Waals surface area contributed by atoms with E-state index in [4.69, 9.17) is 4.42 Å². The Labute approximate surface area is 183 Å². The van der Waals surface area contributed by atoms with Crippen molar-refractivity contribution in [2.45, 2.75) is 39.7 Å². The molecule has 1 amide bonds. The second kappa shape index (κ2) is 7.97. The Morgan fingerprint density at radius 3 is 2.29 bits per heavy atom. The van der Waals surface area contributed by atoms with Crippen LogP contribution in [-0.4, -0.2) is 42.9 Å². The average molecular weight is 419 g/mol. The van der Waals surface area contributed by atoms with Gasteiger partial charge in [-0.3, -0.25) is 9.59 Å². The Balaban J connectivity index is 1.92. The molecule has 1 aliphatic rings. The van der Waals surface area contributed by atoms with Crippen LogP contribution in [0, 0.1) is 13.8 Å². The number of nitrogens with zero attached hydrogens (tertiary/aromatic N) is 2. The zero-order chi connectivity index (χ0) is 22.4. The number of rotatable bonds is 5. The molecular formula is C26H30N2O3. The van der Waals surface area contributed by atoms with Crippen molar-refractivity contribution in [1.29, 1.82) is 0 Å². The highest BCUT2D eigenvalue weighted by atomic mass is 16.3. The van der Waals surface area contributed by atoms with Gasteiger partial charge in [0.25, 0.3) is 5.91 Å². The first kappa shape index (κ1) is 21.3. The summed E-state index contributed by atoms with van der Waals surface area (Å²) in [6, 6.07) is 11.5. The van der Waals surface area contributed by atoms with Crippen molar-refractivity contribution >= 4 is 16.9 Å². The fourth-order valence-electron chi connectivity index (χ4n) is 4.22. The largest absolute Gasteiger partial charge is 0.450 e. The summed E-state index contributed by atoms with van der Waals surface area (Å²) in [5.74, 6) is 0.376. The number of fused-ring (bicyclic) bond motifs is 2. The fraction of sp³-hybridized carbons (Fsp3) is 0.385. The van der Waals surface area contributed by atoms with E-state index in [-0.39, 0.29) is 17.1 Å². The van der Waals surface area contributed by atoms with Crippen LogP contribution in [0.3, 0.4) is 0 Å². The van der Waals surface area contributed by atoms with E-state index in [1.54, 1.807) is 4.90 Å². The van der Waals surface area contributed by atoms with Gasteiger partial charge in [-0.25, -0.2) is 0 Å². The number of benzene rings is 2. The summed E-state index contributed by atoms with van der Waals surface area (Å²) in [6.07, 6.45) is 0. The van der Waals surface area contributed by atoms with E-state index in [2.05, 4.69) is 26.0 Å². The van der Waals surface area contributed by atoms with Crippen LogP contribution >= 0.6 is 0 Å². The minimum Gasteiger partial charge on any atom is -0.450 e. The lowest BCUT2D eigenvalue weighted by Gasteiger charge is -2.26. The van der Waals surface area contributed by atoms with Crippen molar-refractivity contribution in [1.82, 2.24) is 9.80 Å². The lowest BCUT2D eigenvalue weighted by molar-refractivity contribution is 0.0716. The summed E-state index contributed by atoms with van der Waals surface area (Å²) >= 11 is 0. The third kappa shape index (κ3) is 3.68. The molecule has 31 heavy (non-hydrogen) atoms. The lowest BCUT2D eigenvalue weighted by atomic mass is 9.95. The van der Waals surface area contributed by atoms with E-state index in [1.165, 1.54) is 5.56 Å². The monoisotopic (exact) mass is 418 g/mol. The van der Waals surface area contributed by atoms with Crippen molar-refractivity contribution in [3.63, 3.8) is 0 Å². The lowest BCUT2D eigenvalue weighted by Crippen LogP contribution is -2.35. The van der Waals surface area contributed by atoms with Crippen molar-refractivity contribution in [3.05, 3.63) is 80.2 Å². The third-order valence-electron chi connectivity index (χ3n) is 6.29. The van der Waals surface area contributed by atoms with Gasteiger partial charge in [0.15, 0.2) is 5.43 Å². The first-order chi connectivity index (χ1) is 14.7. The van der Waals surface area contributed by atoms with Crippen LogP contribution in [0.15, 0.2) is 45.6 Å². The predicted octanol–water partition coefficient (Wildman–Crippen LogP) is 4.64. The van der Waals surface area contributed by atoms with E-state index < -0.39 is 6.04 Å². The molecule has 162 valence electrons. The molecule has 0 aliphatic carbocycles. The number of likely N-dealkylation sites (N-methyl/N-ethyl adjacent to an activating group) is 1. The Hall–Kier alpha value is -2.92. The SMILES string of the molecule is Cc1cc2oc3c(c(=O)c2cc1C)[C@H](c1ccc(C(C)C)cc1)N(CCN(C)C)C3=O. The van der Waals surface area contributed by atoms with Crippen LogP contribution in [0.2, 0.25) is 0 Å². The highest BCUT2D eigenvalue weighted by molar-refractivity contribution is 5.99. The Morgan fingerprint density at radius 2 is 1.68 bits per heavy atom. The van der Waals surface area contributed by atoms with Crippen LogP contribution < -0.4 is 5.43 Å². The highest BCUT2D eigenvalue weighted by Gasteiger charge is 2.42. The molecular weight excluding hydrogens is 388 g/mol. The van der Waals surface area contributed by atoms with Gasteiger partial charge in [0, 0.05) is 13.1 Å². The molecule has 0 fully saturated rings. The quantitative estimate of drug-likeness (QED) is 0.606. The topological polar surface area (TPSA) is 53.8 Å². The van der Waals surface area contributed by atoms with Crippen molar-refractivity contribution in [3.8, 4) is 0 Å². The smallest absolute Gasteiger partial charge is 0.290 e. The van der Waals surface area contributed by atoms with Crippen LogP contribution in [0.1, 0.15) is 64.2 Å². The second-order valence-corrected chi connectivity index (χ2v) is 9.13. The number of hydrogen-bond acceptors (Lipinski definition) is 4. The van der Waals surface area contributed by atoms with Gasteiger partial charge in [0.05, 0.1) is 17.0 Å².